The smallest absolute Gasteiger partial charge is 0.269 e. The number of ether oxygens (including phenoxy) is 1. The number of thiazole rings is 1. The molecule has 0 saturated carbocycles. The number of amides is 1. The fourth-order valence-corrected chi connectivity index (χ4v) is 4.35. The Kier molecular flexibility index (Phi) is 4.75. The van der Waals surface area contributed by atoms with Crippen LogP contribution in [-0.2, 0) is 20.9 Å². The minimum atomic E-state index is -0.346. The van der Waals surface area contributed by atoms with Gasteiger partial charge in [-0.15, -0.1) is 11.3 Å². The zero-order chi connectivity index (χ0) is 17.3. The van der Waals surface area contributed by atoms with Crippen LogP contribution in [0, 0.1) is 6.92 Å². The van der Waals surface area contributed by atoms with Crippen LogP contribution in [0.25, 0.3) is 0 Å². The highest BCUT2D eigenvalue weighted by atomic mass is 32.1. The molecule has 0 aliphatic carbocycles. The minimum absolute atomic E-state index is 0.124. The predicted octanol–water partition coefficient (Wildman–Crippen LogP) is 1.47. The molecule has 8 heteroatoms. The first kappa shape index (κ1) is 16.9. The predicted molar refractivity (Wildman–Crippen MR) is 94.6 cm³/mol. The van der Waals surface area contributed by atoms with Crippen LogP contribution in [0.3, 0.4) is 0 Å². The van der Waals surface area contributed by atoms with Crippen LogP contribution in [0.15, 0.2) is 10.5 Å². The Bertz CT molecular complexity index is 671. The van der Waals surface area contributed by atoms with E-state index < -0.39 is 0 Å². The molecule has 4 rings (SSSR count). The molecular formula is C17H24N4O3S. The third-order valence-corrected chi connectivity index (χ3v) is 5.89. The van der Waals surface area contributed by atoms with E-state index in [4.69, 9.17) is 9.57 Å². The average Bonchev–Trinajstić information content (AvgIpc) is 3.37. The molecule has 2 fully saturated rings. The van der Waals surface area contributed by atoms with E-state index in [1.807, 2.05) is 6.92 Å². The van der Waals surface area contributed by atoms with E-state index in [2.05, 4.69) is 25.7 Å². The molecule has 25 heavy (non-hydrogen) atoms. The standard InChI is InChI=1S/C17H24N4O3S/c1-12-19-13(10-25-12)9-21-5-4-17(11-21)7-15(20-24-17)16(22)18-8-14-3-2-6-23-14/h10,14H,2-9,11H2,1H3,(H,18,22)/t14-,17+/m0/s1. The van der Waals surface area contributed by atoms with Crippen LogP contribution >= 0.6 is 11.3 Å². The summed E-state index contributed by atoms with van der Waals surface area (Å²) in [5.74, 6) is -0.124. The summed E-state index contributed by atoms with van der Waals surface area (Å²) in [6.45, 7) is 5.93. The number of carbonyl (C=O) groups excluding carboxylic acids is 1. The van der Waals surface area contributed by atoms with Gasteiger partial charge in [-0.1, -0.05) is 5.16 Å². The molecule has 3 aliphatic heterocycles. The van der Waals surface area contributed by atoms with Gasteiger partial charge in [0.25, 0.3) is 5.91 Å². The lowest BCUT2D eigenvalue weighted by Gasteiger charge is -2.21. The summed E-state index contributed by atoms with van der Waals surface area (Å²) in [6.07, 6.45) is 3.70. The highest BCUT2D eigenvalue weighted by Crippen LogP contribution is 2.34. The number of hydrogen-bond acceptors (Lipinski definition) is 7. The van der Waals surface area contributed by atoms with E-state index in [-0.39, 0.29) is 17.6 Å². The van der Waals surface area contributed by atoms with Crippen molar-refractivity contribution in [2.24, 2.45) is 5.16 Å². The summed E-state index contributed by atoms with van der Waals surface area (Å²) in [5.41, 5.74) is 1.26. The Labute approximate surface area is 151 Å². The van der Waals surface area contributed by atoms with E-state index in [9.17, 15) is 4.79 Å². The van der Waals surface area contributed by atoms with Gasteiger partial charge in [0.15, 0.2) is 5.60 Å². The normalized spacial score (nSPS) is 29.2. The minimum Gasteiger partial charge on any atom is -0.387 e. The van der Waals surface area contributed by atoms with Gasteiger partial charge in [-0.25, -0.2) is 4.98 Å². The van der Waals surface area contributed by atoms with Crippen LogP contribution in [0.2, 0.25) is 0 Å². The first-order chi connectivity index (χ1) is 12.1. The zero-order valence-electron chi connectivity index (χ0n) is 14.5. The van der Waals surface area contributed by atoms with E-state index in [1.165, 1.54) is 0 Å². The molecule has 4 heterocycles. The molecule has 2 saturated heterocycles. The quantitative estimate of drug-likeness (QED) is 0.856. The van der Waals surface area contributed by atoms with Crippen LogP contribution < -0.4 is 5.32 Å². The maximum Gasteiger partial charge on any atom is 0.269 e. The summed E-state index contributed by atoms with van der Waals surface area (Å²) in [4.78, 5) is 24.9. The van der Waals surface area contributed by atoms with Crippen molar-refractivity contribution in [3.8, 4) is 0 Å². The van der Waals surface area contributed by atoms with Gasteiger partial charge in [0.2, 0.25) is 0 Å². The molecule has 0 bridgehead atoms. The van der Waals surface area contributed by atoms with Crippen LogP contribution in [-0.4, -0.2) is 59.4 Å². The maximum absolute atomic E-state index is 12.3. The van der Waals surface area contributed by atoms with E-state index >= 15 is 0 Å². The fourth-order valence-electron chi connectivity index (χ4n) is 3.75. The molecule has 0 aromatic carbocycles. The number of aromatic nitrogens is 1. The van der Waals surface area contributed by atoms with Gasteiger partial charge < -0.3 is 14.9 Å². The van der Waals surface area contributed by atoms with Crippen molar-refractivity contribution in [1.82, 2.24) is 15.2 Å². The number of aryl methyl sites for hydroxylation is 1. The van der Waals surface area contributed by atoms with Crippen LogP contribution in [0.1, 0.15) is 36.4 Å². The van der Waals surface area contributed by atoms with Gasteiger partial charge in [0.1, 0.15) is 5.71 Å². The Hall–Kier alpha value is -1.51. The topological polar surface area (TPSA) is 76.1 Å². The number of carbonyl (C=O) groups is 1. The number of rotatable bonds is 5. The SMILES string of the molecule is Cc1nc(CN2CC[C@@]3(CC(C(=O)NC[C@@H]4CCCO4)=NO3)C2)cs1. The summed E-state index contributed by atoms with van der Waals surface area (Å²) in [6, 6.07) is 0. The molecule has 0 radical (unpaired) electrons. The molecule has 0 unspecified atom stereocenters. The number of likely N-dealkylation sites (tertiary alicyclic amines) is 1. The third-order valence-electron chi connectivity index (χ3n) is 5.06. The molecule has 136 valence electrons. The van der Waals surface area contributed by atoms with Crippen molar-refractivity contribution in [1.29, 1.82) is 0 Å². The first-order valence-electron chi connectivity index (χ1n) is 8.90. The Morgan fingerprint density at radius 2 is 2.48 bits per heavy atom. The van der Waals surface area contributed by atoms with E-state index in [1.54, 1.807) is 11.3 Å². The maximum atomic E-state index is 12.3. The van der Waals surface area contributed by atoms with Gasteiger partial charge in [0, 0.05) is 51.0 Å². The fraction of sp³-hybridized carbons (Fsp3) is 0.706. The summed E-state index contributed by atoms with van der Waals surface area (Å²) in [7, 11) is 0. The summed E-state index contributed by atoms with van der Waals surface area (Å²) in [5, 5.41) is 10.2. The average molecular weight is 364 g/mol. The Balaban J connectivity index is 1.26. The van der Waals surface area contributed by atoms with Crippen molar-refractivity contribution in [3.05, 3.63) is 16.1 Å². The molecule has 1 spiro atoms. The summed E-state index contributed by atoms with van der Waals surface area (Å²) < 4.78 is 5.53. The second kappa shape index (κ2) is 7.01. The van der Waals surface area contributed by atoms with Gasteiger partial charge in [-0.3, -0.25) is 9.69 Å². The Morgan fingerprint density at radius 3 is 3.24 bits per heavy atom. The third kappa shape index (κ3) is 3.86. The molecule has 7 nitrogen and oxygen atoms in total. The lowest BCUT2D eigenvalue weighted by Crippen LogP contribution is -2.39. The van der Waals surface area contributed by atoms with E-state index in [0.29, 0.717) is 18.7 Å². The zero-order valence-corrected chi connectivity index (χ0v) is 15.3. The molecule has 1 aromatic rings. The molecule has 3 aliphatic rings. The number of hydrogen-bond donors (Lipinski definition) is 1. The number of nitrogens with one attached hydrogen (secondary N) is 1. The van der Waals surface area contributed by atoms with Gasteiger partial charge in [-0.2, -0.15) is 0 Å². The van der Waals surface area contributed by atoms with E-state index in [0.717, 1.165) is 56.2 Å². The molecule has 1 aromatic heterocycles. The van der Waals surface area contributed by atoms with Crippen molar-refractivity contribution >= 4 is 23.0 Å². The van der Waals surface area contributed by atoms with Crippen LogP contribution in [0.4, 0.5) is 0 Å². The van der Waals surface area contributed by atoms with Crippen molar-refractivity contribution in [2.75, 3.05) is 26.2 Å². The molecule has 1 amide bonds. The highest BCUT2D eigenvalue weighted by Gasteiger charge is 2.46. The second-order valence-corrected chi connectivity index (χ2v) is 8.21. The summed E-state index contributed by atoms with van der Waals surface area (Å²) >= 11 is 1.68. The Morgan fingerprint density at radius 1 is 1.56 bits per heavy atom. The monoisotopic (exact) mass is 364 g/mol. The van der Waals surface area contributed by atoms with Gasteiger partial charge in [-0.05, 0) is 19.8 Å². The number of nitrogens with zero attached hydrogens (tertiary/aromatic N) is 3. The highest BCUT2D eigenvalue weighted by molar-refractivity contribution is 7.09. The lowest BCUT2D eigenvalue weighted by molar-refractivity contribution is -0.115. The first-order valence-corrected chi connectivity index (χ1v) is 9.78. The van der Waals surface area contributed by atoms with Crippen molar-refractivity contribution in [2.45, 2.75) is 50.9 Å². The molecular weight excluding hydrogens is 340 g/mol. The largest absolute Gasteiger partial charge is 0.387 e. The van der Waals surface area contributed by atoms with Crippen molar-refractivity contribution < 1.29 is 14.4 Å². The van der Waals surface area contributed by atoms with Crippen LogP contribution in [0.5, 0.6) is 0 Å². The lowest BCUT2D eigenvalue weighted by atomic mass is 9.96. The van der Waals surface area contributed by atoms with Gasteiger partial charge >= 0.3 is 0 Å². The second-order valence-electron chi connectivity index (χ2n) is 7.15. The molecule has 1 N–H and O–H groups in total. The van der Waals surface area contributed by atoms with Gasteiger partial charge in [0.05, 0.1) is 16.8 Å². The molecule has 2 atom stereocenters. The number of oxime groups is 1. The van der Waals surface area contributed by atoms with Crippen molar-refractivity contribution in [3.63, 3.8) is 0 Å².